The molecule has 0 spiro atoms. The van der Waals surface area contributed by atoms with Gasteiger partial charge in [-0.15, -0.1) is 0 Å². The largest absolute Gasteiger partial charge is 0.495 e. The molecular formula is C28H25N5O4S. The van der Waals surface area contributed by atoms with Crippen molar-refractivity contribution in [2.75, 3.05) is 17.3 Å². The van der Waals surface area contributed by atoms with Gasteiger partial charge >= 0.3 is 5.97 Å². The van der Waals surface area contributed by atoms with Crippen molar-refractivity contribution in [3.63, 3.8) is 0 Å². The van der Waals surface area contributed by atoms with Crippen LogP contribution in [0.5, 0.6) is 5.75 Å². The molecule has 10 heteroatoms. The van der Waals surface area contributed by atoms with Gasteiger partial charge in [-0.1, -0.05) is 12.1 Å². The summed E-state index contributed by atoms with van der Waals surface area (Å²) in [6.07, 6.45) is 3.62. The summed E-state index contributed by atoms with van der Waals surface area (Å²) in [5.41, 5.74) is 3.82. The van der Waals surface area contributed by atoms with Crippen molar-refractivity contribution in [2.45, 2.75) is 19.0 Å². The highest BCUT2D eigenvalue weighted by molar-refractivity contribution is 7.80. The number of methoxy groups -OCH3 is 1. The molecule has 3 N–H and O–H groups in total. The number of benzene rings is 2. The minimum atomic E-state index is -0.999. The molecule has 192 valence electrons. The Balaban J connectivity index is 1.67. The Morgan fingerprint density at radius 1 is 1.05 bits per heavy atom. The fourth-order valence-corrected chi connectivity index (χ4v) is 5.07. The first-order chi connectivity index (χ1) is 18.4. The van der Waals surface area contributed by atoms with Crippen LogP contribution in [0.3, 0.4) is 0 Å². The number of aromatic nitrogens is 2. The number of hydrogen-bond donors (Lipinski definition) is 3. The molecule has 9 nitrogen and oxygen atoms in total. The van der Waals surface area contributed by atoms with Crippen LogP contribution >= 0.6 is 12.2 Å². The van der Waals surface area contributed by atoms with Gasteiger partial charge in [0.25, 0.3) is 0 Å². The van der Waals surface area contributed by atoms with E-state index < -0.39 is 5.97 Å². The minimum Gasteiger partial charge on any atom is -0.495 e. The van der Waals surface area contributed by atoms with Gasteiger partial charge in [0.15, 0.2) is 5.11 Å². The number of ether oxygens (including phenoxy) is 1. The van der Waals surface area contributed by atoms with Crippen molar-refractivity contribution < 1.29 is 19.4 Å². The van der Waals surface area contributed by atoms with Gasteiger partial charge in [-0.25, -0.2) is 4.79 Å². The molecule has 38 heavy (non-hydrogen) atoms. The predicted molar refractivity (Wildman–Crippen MR) is 148 cm³/mol. The first-order valence-electron chi connectivity index (χ1n) is 11.8. The van der Waals surface area contributed by atoms with Crippen molar-refractivity contribution >= 4 is 40.6 Å². The molecule has 1 aliphatic rings. The molecule has 1 fully saturated rings. The zero-order chi connectivity index (χ0) is 26.8. The van der Waals surface area contributed by atoms with Crippen LogP contribution in [0.2, 0.25) is 0 Å². The van der Waals surface area contributed by atoms with Gasteiger partial charge in [-0.3, -0.25) is 9.78 Å². The monoisotopic (exact) mass is 527 g/mol. The second kappa shape index (κ2) is 10.3. The summed E-state index contributed by atoms with van der Waals surface area (Å²) < 4.78 is 7.40. The molecule has 1 amide bonds. The number of carboxylic acids is 1. The zero-order valence-corrected chi connectivity index (χ0v) is 21.5. The van der Waals surface area contributed by atoms with Crippen LogP contribution in [0, 0.1) is 0 Å². The maximum Gasteiger partial charge on any atom is 0.335 e. The molecule has 2 aromatic heterocycles. The SMILES string of the molecule is COc1ccc(N2C(=S)N[C@H](c3ccccn3)[C@H]2c2cccn2-c2cccc(C(=O)O)c2)cc1NC(C)=O. The topological polar surface area (TPSA) is 109 Å². The van der Waals surface area contributed by atoms with Gasteiger partial charge < -0.3 is 29.9 Å². The third-order valence-electron chi connectivity index (χ3n) is 6.32. The average Bonchev–Trinajstić information content (AvgIpc) is 3.53. The Bertz CT molecular complexity index is 1520. The molecule has 3 heterocycles. The molecule has 0 radical (unpaired) electrons. The van der Waals surface area contributed by atoms with E-state index in [1.165, 1.54) is 6.92 Å². The zero-order valence-electron chi connectivity index (χ0n) is 20.7. The fraction of sp³-hybridized carbons (Fsp3) is 0.143. The summed E-state index contributed by atoms with van der Waals surface area (Å²) in [4.78, 5) is 30.1. The minimum absolute atomic E-state index is 0.190. The van der Waals surface area contributed by atoms with Crippen molar-refractivity contribution in [2.24, 2.45) is 0 Å². The Hall–Kier alpha value is -4.70. The van der Waals surface area contributed by atoms with E-state index in [1.54, 1.807) is 37.6 Å². The molecule has 2 atom stereocenters. The normalized spacial score (nSPS) is 16.7. The first-order valence-corrected chi connectivity index (χ1v) is 12.3. The molecular weight excluding hydrogens is 502 g/mol. The van der Waals surface area contributed by atoms with Gasteiger partial charge in [0.2, 0.25) is 5.91 Å². The number of nitrogens with zero attached hydrogens (tertiary/aromatic N) is 3. The van der Waals surface area contributed by atoms with Gasteiger partial charge in [-0.05, 0) is 72.9 Å². The molecule has 0 unspecified atom stereocenters. The van der Waals surface area contributed by atoms with Crippen molar-refractivity contribution in [3.8, 4) is 11.4 Å². The molecule has 1 aliphatic heterocycles. The second-order valence-corrected chi connectivity index (χ2v) is 9.11. The lowest BCUT2D eigenvalue weighted by Gasteiger charge is -2.29. The number of anilines is 2. The van der Waals surface area contributed by atoms with E-state index in [0.717, 1.165) is 17.1 Å². The lowest BCUT2D eigenvalue weighted by molar-refractivity contribution is -0.114. The van der Waals surface area contributed by atoms with Crippen molar-refractivity contribution in [1.82, 2.24) is 14.9 Å². The summed E-state index contributed by atoms with van der Waals surface area (Å²) in [6, 6.07) is 21.2. The van der Waals surface area contributed by atoms with E-state index in [0.29, 0.717) is 22.2 Å². The lowest BCUT2D eigenvalue weighted by Crippen LogP contribution is -2.30. The summed E-state index contributed by atoms with van der Waals surface area (Å²) in [5, 5.41) is 16.3. The Morgan fingerprint density at radius 3 is 2.61 bits per heavy atom. The molecule has 0 bridgehead atoms. The Kier molecular flexibility index (Phi) is 6.80. The average molecular weight is 528 g/mol. The van der Waals surface area contributed by atoms with Crippen LogP contribution in [-0.4, -0.2) is 38.8 Å². The van der Waals surface area contributed by atoms with Gasteiger partial charge in [0, 0.05) is 36.4 Å². The molecule has 0 aliphatic carbocycles. The summed E-state index contributed by atoms with van der Waals surface area (Å²) in [7, 11) is 1.54. The second-order valence-electron chi connectivity index (χ2n) is 8.72. The van der Waals surface area contributed by atoms with Crippen LogP contribution in [0.4, 0.5) is 11.4 Å². The van der Waals surface area contributed by atoms with Gasteiger partial charge in [-0.2, -0.15) is 0 Å². The third-order valence-corrected chi connectivity index (χ3v) is 6.64. The number of carbonyl (C=O) groups is 2. The van der Waals surface area contributed by atoms with E-state index in [4.69, 9.17) is 17.0 Å². The highest BCUT2D eigenvalue weighted by atomic mass is 32.1. The predicted octanol–water partition coefficient (Wildman–Crippen LogP) is 4.71. The van der Waals surface area contributed by atoms with E-state index in [2.05, 4.69) is 15.6 Å². The van der Waals surface area contributed by atoms with Crippen LogP contribution in [0.25, 0.3) is 5.69 Å². The number of nitrogens with one attached hydrogen (secondary N) is 2. The smallest absolute Gasteiger partial charge is 0.335 e. The van der Waals surface area contributed by atoms with Crippen LogP contribution in [0.1, 0.15) is 40.8 Å². The number of hydrogen-bond acceptors (Lipinski definition) is 5. The van der Waals surface area contributed by atoms with Gasteiger partial charge in [0.05, 0.1) is 30.1 Å². The van der Waals surface area contributed by atoms with E-state index in [1.807, 2.05) is 64.2 Å². The third kappa shape index (κ3) is 4.69. The summed E-state index contributed by atoms with van der Waals surface area (Å²) in [6.45, 7) is 1.44. The molecule has 2 aromatic carbocycles. The van der Waals surface area contributed by atoms with Crippen LogP contribution in [0.15, 0.2) is 85.2 Å². The Morgan fingerprint density at radius 2 is 1.89 bits per heavy atom. The van der Waals surface area contributed by atoms with E-state index in [9.17, 15) is 14.7 Å². The number of thiocarbonyl (C=S) groups is 1. The van der Waals surface area contributed by atoms with E-state index >= 15 is 0 Å². The standard InChI is InChI=1S/C28H25N5O4S/c1-17(34)30-22-16-20(11-12-24(22)37-2)33-26(25(31-28(33)38)21-9-3-4-13-29-21)23-10-6-14-32(23)19-8-5-7-18(15-19)27(35)36/h3-16,25-26H,1-2H3,(H,30,34)(H,31,38)(H,35,36)/t25-,26-/m1/s1. The first kappa shape index (κ1) is 25.0. The highest BCUT2D eigenvalue weighted by Crippen LogP contribution is 2.43. The maximum atomic E-state index is 11.9. The molecule has 1 saturated heterocycles. The molecule has 0 saturated carbocycles. The maximum absolute atomic E-state index is 11.9. The highest BCUT2D eigenvalue weighted by Gasteiger charge is 2.42. The lowest BCUT2D eigenvalue weighted by atomic mass is 10.0. The summed E-state index contributed by atoms with van der Waals surface area (Å²) in [5.74, 6) is -0.702. The fourth-order valence-electron chi connectivity index (χ4n) is 4.73. The number of pyridine rings is 1. The van der Waals surface area contributed by atoms with Crippen molar-refractivity contribution in [1.29, 1.82) is 0 Å². The van der Waals surface area contributed by atoms with Gasteiger partial charge in [0.1, 0.15) is 11.8 Å². The summed E-state index contributed by atoms with van der Waals surface area (Å²) >= 11 is 5.84. The quantitative estimate of drug-likeness (QED) is 0.297. The molecule has 5 rings (SSSR count). The number of carbonyl (C=O) groups excluding carboxylic acids is 1. The van der Waals surface area contributed by atoms with Crippen LogP contribution < -0.4 is 20.3 Å². The Labute approximate surface area is 224 Å². The number of rotatable bonds is 7. The number of amides is 1. The molecule has 4 aromatic rings. The number of aromatic carboxylic acids is 1. The van der Waals surface area contributed by atoms with E-state index in [-0.39, 0.29) is 23.6 Å². The number of carboxylic acid groups (broad SMARTS) is 1. The van der Waals surface area contributed by atoms with Crippen molar-refractivity contribution in [3.05, 3.63) is 102 Å². The van der Waals surface area contributed by atoms with Crippen LogP contribution in [-0.2, 0) is 4.79 Å².